The number of nitrogens with zero attached hydrogens (tertiary/aromatic N) is 2. The molecule has 21 heavy (non-hydrogen) atoms. The molecule has 0 saturated heterocycles. The lowest BCUT2D eigenvalue weighted by molar-refractivity contribution is 0.463. The monoisotopic (exact) mass is 326 g/mol. The van der Waals surface area contributed by atoms with Gasteiger partial charge in [0.25, 0.3) is 0 Å². The van der Waals surface area contributed by atoms with Crippen LogP contribution in [0.1, 0.15) is 11.7 Å². The SMILES string of the molecule is Cc1cnc(CNS(=O)(=O)c2c[nH]c3nccc(Cl)c23)o1. The lowest BCUT2D eigenvalue weighted by atomic mass is 10.3. The maximum atomic E-state index is 12.4. The molecule has 3 aromatic rings. The van der Waals surface area contributed by atoms with E-state index in [0.29, 0.717) is 27.7 Å². The Balaban J connectivity index is 1.93. The van der Waals surface area contributed by atoms with Crippen LogP contribution >= 0.6 is 11.6 Å². The Labute approximate surface area is 125 Å². The largest absolute Gasteiger partial charge is 0.445 e. The Morgan fingerprint density at radius 1 is 1.43 bits per heavy atom. The molecule has 9 heteroatoms. The Morgan fingerprint density at radius 3 is 2.95 bits per heavy atom. The van der Waals surface area contributed by atoms with Crippen LogP contribution in [0.3, 0.4) is 0 Å². The van der Waals surface area contributed by atoms with E-state index in [1.54, 1.807) is 6.92 Å². The fraction of sp³-hybridized carbons (Fsp3) is 0.167. The Kier molecular flexibility index (Phi) is 3.44. The van der Waals surface area contributed by atoms with E-state index in [-0.39, 0.29) is 11.4 Å². The van der Waals surface area contributed by atoms with Gasteiger partial charge in [-0.3, -0.25) is 0 Å². The van der Waals surface area contributed by atoms with Crippen molar-refractivity contribution in [1.82, 2.24) is 19.7 Å². The maximum absolute atomic E-state index is 12.4. The summed E-state index contributed by atoms with van der Waals surface area (Å²) < 4.78 is 32.3. The van der Waals surface area contributed by atoms with E-state index < -0.39 is 10.0 Å². The van der Waals surface area contributed by atoms with Gasteiger partial charge in [-0.05, 0) is 13.0 Å². The highest BCUT2D eigenvalue weighted by Crippen LogP contribution is 2.28. The molecule has 3 rings (SSSR count). The summed E-state index contributed by atoms with van der Waals surface area (Å²) in [4.78, 5) is 10.8. The minimum Gasteiger partial charge on any atom is -0.445 e. The molecule has 3 aromatic heterocycles. The van der Waals surface area contributed by atoms with Gasteiger partial charge in [0.1, 0.15) is 16.3 Å². The quantitative estimate of drug-likeness (QED) is 0.763. The van der Waals surface area contributed by atoms with E-state index in [1.807, 2.05) is 0 Å². The van der Waals surface area contributed by atoms with E-state index in [2.05, 4.69) is 19.7 Å². The summed E-state index contributed by atoms with van der Waals surface area (Å²) >= 11 is 6.05. The number of aromatic amines is 1. The standard InChI is InChI=1S/C12H11ClN4O3S/c1-7-4-15-10(20-7)6-17-21(18,19)9-5-16-12-11(9)8(13)2-3-14-12/h2-5,17H,6H2,1H3,(H,14,16). The van der Waals surface area contributed by atoms with Gasteiger partial charge in [-0.2, -0.15) is 0 Å². The summed E-state index contributed by atoms with van der Waals surface area (Å²) in [6.07, 6.45) is 4.38. The fourth-order valence-electron chi connectivity index (χ4n) is 1.92. The lowest BCUT2D eigenvalue weighted by Crippen LogP contribution is -2.23. The number of halogens is 1. The number of rotatable bonds is 4. The highest BCUT2D eigenvalue weighted by Gasteiger charge is 2.21. The summed E-state index contributed by atoms with van der Waals surface area (Å²) in [5, 5.41) is 0.670. The number of pyridine rings is 1. The van der Waals surface area contributed by atoms with Crippen LogP contribution in [0, 0.1) is 6.92 Å². The van der Waals surface area contributed by atoms with Crippen molar-refractivity contribution in [3.05, 3.63) is 41.3 Å². The molecule has 0 fully saturated rings. The van der Waals surface area contributed by atoms with Gasteiger partial charge in [0.2, 0.25) is 15.9 Å². The van der Waals surface area contributed by atoms with Crippen molar-refractivity contribution in [2.24, 2.45) is 0 Å². The van der Waals surface area contributed by atoms with Gasteiger partial charge in [-0.25, -0.2) is 23.1 Å². The average molecular weight is 327 g/mol. The minimum atomic E-state index is -3.76. The molecule has 2 N–H and O–H groups in total. The fourth-order valence-corrected chi connectivity index (χ4v) is 3.38. The number of aryl methyl sites for hydroxylation is 1. The van der Waals surface area contributed by atoms with Gasteiger partial charge in [0.15, 0.2) is 0 Å². The first-order chi connectivity index (χ1) is 9.97. The molecule has 0 spiro atoms. The summed E-state index contributed by atoms with van der Waals surface area (Å²) in [5.41, 5.74) is 0.412. The molecule has 0 radical (unpaired) electrons. The minimum absolute atomic E-state index is 0.0406. The second-order valence-electron chi connectivity index (χ2n) is 4.36. The third-order valence-electron chi connectivity index (χ3n) is 2.86. The molecular formula is C12H11ClN4O3S. The predicted molar refractivity (Wildman–Crippen MR) is 76.4 cm³/mol. The van der Waals surface area contributed by atoms with E-state index in [0.717, 1.165) is 0 Å². The van der Waals surface area contributed by atoms with Crippen LogP contribution in [-0.2, 0) is 16.6 Å². The van der Waals surface area contributed by atoms with Crippen LogP contribution in [0.5, 0.6) is 0 Å². The van der Waals surface area contributed by atoms with Crippen molar-refractivity contribution in [2.45, 2.75) is 18.4 Å². The molecule has 0 aliphatic rings. The average Bonchev–Trinajstić information content (AvgIpc) is 3.04. The highest BCUT2D eigenvalue weighted by molar-refractivity contribution is 7.89. The predicted octanol–water partition coefficient (Wildman–Crippen LogP) is 1.99. The van der Waals surface area contributed by atoms with Crippen molar-refractivity contribution >= 4 is 32.7 Å². The van der Waals surface area contributed by atoms with E-state index >= 15 is 0 Å². The van der Waals surface area contributed by atoms with Crippen molar-refractivity contribution in [2.75, 3.05) is 0 Å². The molecule has 0 unspecified atom stereocenters. The molecule has 7 nitrogen and oxygen atoms in total. The number of fused-ring (bicyclic) bond motifs is 1. The number of sulfonamides is 1. The summed E-state index contributed by atoms with van der Waals surface area (Å²) in [6.45, 7) is 1.69. The Bertz CT molecular complexity index is 900. The normalized spacial score (nSPS) is 12.1. The summed E-state index contributed by atoms with van der Waals surface area (Å²) in [6, 6.07) is 1.54. The van der Waals surface area contributed by atoms with Gasteiger partial charge in [-0.1, -0.05) is 11.6 Å². The molecule has 0 aromatic carbocycles. The molecule has 0 bridgehead atoms. The number of hydrogen-bond donors (Lipinski definition) is 2. The first-order valence-corrected chi connectivity index (χ1v) is 7.86. The summed E-state index contributed by atoms with van der Waals surface area (Å²) in [7, 11) is -3.76. The van der Waals surface area contributed by atoms with Gasteiger partial charge >= 0.3 is 0 Å². The van der Waals surface area contributed by atoms with Crippen molar-refractivity contribution in [3.8, 4) is 0 Å². The van der Waals surface area contributed by atoms with Gasteiger partial charge in [0.05, 0.1) is 23.2 Å². The molecule has 0 atom stereocenters. The van der Waals surface area contributed by atoms with Gasteiger partial charge in [0, 0.05) is 12.4 Å². The first kappa shape index (κ1) is 14.1. The lowest BCUT2D eigenvalue weighted by Gasteiger charge is -2.04. The first-order valence-electron chi connectivity index (χ1n) is 6.00. The van der Waals surface area contributed by atoms with E-state index in [1.165, 1.54) is 24.7 Å². The van der Waals surface area contributed by atoms with Crippen molar-refractivity contribution < 1.29 is 12.8 Å². The number of nitrogens with one attached hydrogen (secondary N) is 2. The molecular weight excluding hydrogens is 316 g/mol. The zero-order valence-corrected chi connectivity index (χ0v) is 12.5. The second kappa shape index (κ2) is 5.14. The smallest absolute Gasteiger partial charge is 0.243 e. The zero-order chi connectivity index (χ0) is 15.0. The third kappa shape index (κ3) is 2.65. The Hall–Kier alpha value is -1.90. The van der Waals surface area contributed by atoms with Crippen molar-refractivity contribution in [1.29, 1.82) is 0 Å². The van der Waals surface area contributed by atoms with Crippen LogP contribution in [0.15, 0.2) is 34.0 Å². The van der Waals surface area contributed by atoms with E-state index in [4.69, 9.17) is 16.0 Å². The maximum Gasteiger partial charge on any atom is 0.243 e. The van der Waals surface area contributed by atoms with E-state index in [9.17, 15) is 8.42 Å². The van der Waals surface area contributed by atoms with Crippen LogP contribution < -0.4 is 4.72 Å². The van der Waals surface area contributed by atoms with Gasteiger partial charge in [-0.15, -0.1) is 0 Å². The second-order valence-corrected chi connectivity index (χ2v) is 6.50. The number of oxazole rings is 1. The number of aromatic nitrogens is 3. The molecule has 3 heterocycles. The van der Waals surface area contributed by atoms with Crippen LogP contribution in [0.25, 0.3) is 11.0 Å². The van der Waals surface area contributed by atoms with Gasteiger partial charge < -0.3 is 9.40 Å². The molecule has 0 aliphatic heterocycles. The van der Waals surface area contributed by atoms with Crippen LogP contribution in [0.4, 0.5) is 0 Å². The summed E-state index contributed by atoms with van der Waals surface area (Å²) in [5.74, 6) is 0.906. The zero-order valence-electron chi connectivity index (χ0n) is 10.9. The third-order valence-corrected chi connectivity index (χ3v) is 4.60. The molecule has 0 saturated carbocycles. The Morgan fingerprint density at radius 2 is 2.24 bits per heavy atom. The molecule has 0 aliphatic carbocycles. The highest BCUT2D eigenvalue weighted by atomic mass is 35.5. The van der Waals surface area contributed by atoms with Crippen LogP contribution in [0.2, 0.25) is 5.02 Å². The molecule has 110 valence electrons. The van der Waals surface area contributed by atoms with Crippen LogP contribution in [-0.4, -0.2) is 23.4 Å². The van der Waals surface area contributed by atoms with Crippen molar-refractivity contribution in [3.63, 3.8) is 0 Å². The molecule has 0 amide bonds. The number of H-pyrrole nitrogens is 1. The number of hydrogen-bond acceptors (Lipinski definition) is 5. The topological polar surface area (TPSA) is 101 Å².